The summed E-state index contributed by atoms with van der Waals surface area (Å²) >= 11 is 0. The molecule has 1 aromatic rings. The molecule has 0 unspecified atom stereocenters. The van der Waals surface area contributed by atoms with Gasteiger partial charge in [0.25, 0.3) is 5.91 Å². The van der Waals surface area contributed by atoms with Crippen LogP contribution in [0.25, 0.3) is 0 Å². The molecule has 2 amide bonds. The molecule has 0 radical (unpaired) electrons. The van der Waals surface area contributed by atoms with Gasteiger partial charge < -0.3 is 15.0 Å². The Morgan fingerprint density at radius 1 is 1.31 bits per heavy atom. The molecule has 0 atom stereocenters. The van der Waals surface area contributed by atoms with Gasteiger partial charge in [-0.3, -0.25) is 14.3 Å². The molecule has 0 aromatic carbocycles. The number of nitrogens with zero attached hydrogens (tertiary/aromatic N) is 3. The molecule has 142 valence electrons. The van der Waals surface area contributed by atoms with Crippen molar-refractivity contribution in [1.82, 2.24) is 20.0 Å². The van der Waals surface area contributed by atoms with E-state index in [-0.39, 0.29) is 17.4 Å². The number of rotatable bonds is 4. The molecule has 26 heavy (non-hydrogen) atoms. The van der Waals surface area contributed by atoms with Crippen LogP contribution in [0.2, 0.25) is 0 Å². The number of nitrogens with one attached hydrogen (secondary N) is 1. The third-order valence-electron chi connectivity index (χ3n) is 6.08. The third-order valence-corrected chi connectivity index (χ3v) is 6.08. The standard InChI is InChI=1S/C19H28N4O3/c1-3-16(24)23-8-6-19(7-9-23)10-15-14(12-26-19)17(21-22(15)2)18(25)20-11-13-4-5-13/h13H,3-12H2,1-2H3,(H,20,25). The summed E-state index contributed by atoms with van der Waals surface area (Å²) in [5, 5.41) is 7.49. The number of fused-ring (bicyclic) bond motifs is 1. The van der Waals surface area contributed by atoms with E-state index in [9.17, 15) is 9.59 Å². The Labute approximate surface area is 154 Å². The Morgan fingerprint density at radius 3 is 2.69 bits per heavy atom. The van der Waals surface area contributed by atoms with Gasteiger partial charge in [-0.2, -0.15) is 5.10 Å². The lowest BCUT2D eigenvalue weighted by molar-refractivity contribution is -0.140. The number of hydrogen-bond acceptors (Lipinski definition) is 4. The quantitative estimate of drug-likeness (QED) is 0.881. The highest BCUT2D eigenvalue weighted by molar-refractivity contribution is 5.94. The molecule has 0 bridgehead atoms. The van der Waals surface area contributed by atoms with E-state index in [0.717, 1.165) is 50.2 Å². The van der Waals surface area contributed by atoms with Gasteiger partial charge in [-0.25, -0.2) is 0 Å². The van der Waals surface area contributed by atoms with E-state index < -0.39 is 0 Å². The number of carbonyl (C=O) groups is 2. The summed E-state index contributed by atoms with van der Waals surface area (Å²) in [4.78, 5) is 26.3. The number of piperidine rings is 1. The number of likely N-dealkylation sites (tertiary alicyclic amines) is 1. The summed E-state index contributed by atoms with van der Waals surface area (Å²) in [5.74, 6) is 0.775. The van der Waals surface area contributed by atoms with Crippen LogP contribution < -0.4 is 5.32 Å². The van der Waals surface area contributed by atoms with Crippen molar-refractivity contribution in [3.05, 3.63) is 17.0 Å². The minimum atomic E-state index is -0.229. The van der Waals surface area contributed by atoms with Crippen molar-refractivity contribution < 1.29 is 14.3 Å². The molecule has 1 N–H and O–H groups in total. The average Bonchev–Trinajstić information content (AvgIpc) is 3.43. The van der Waals surface area contributed by atoms with Crippen molar-refractivity contribution in [2.24, 2.45) is 13.0 Å². The Bertz CT molecular complexity index is 715. The smallest absolute Gasteiger partial charge is 0.272 e. The first-order chi connectivity index (χ1) is 12.5. The molecule has 1 aliphatic carbocycles. The molecule has 2 fully saturated rings. The van der Waals surface area contributed by atoms with Crippen molar-refractivity contribution in [3.63, 3.8) is 0 Å². The topological polar surface area (TPSA) is 76.5 Å². The Hall–Kier alpha value is -1.89. The second-order valence-corrected chi connectivity index (χ2v) is 7.93. The second-order valence-electron chi connectivity index (χ2n) is 7.93. The summed E-state index contributed by atoms with van der Waals surface area (Å²) in [7, 11) is 1.91. The zero-order valence-corrected chi connectivity index (χ0v) is 15.7. The molecule has 1 aromatic heterocycles. The second kappa shape index (κ2) is 6.68. The highest BCUT2D eigenvalue weighted by Crippen LogP contribution is 2.37. The van der Waals surface area contributed by atoms with Crippen LogP contribution in [0.5, 0.6) is 0 Å². The van der Waals surface area contributed by atoms with Crippen molar-refractivity contribution in [2.45, 2.75) is 57.7 Å². The van der Waals surface area contributed by atoms with Crippen molar-refractivity contribution in [1.29, 1.82) is 0 Å². The summed E-state index contributed by atoms with van der Waals surface area (Å²) in [6.07, 6.45) is 5.42. The highest BCUT2D eigenvalue weighted by Gasteiger charge is 2.42. The van der Waals surface area contributed by atoms with Crippen LogP contribution >= 0.6 is 0 Å². The minimum Gasteiger partial charge on any atom is -0.370 e. The molecule has 1 saturated heterocycles. The van der Waals surface area contributed by atoms with E-state index in [1.807, 2.05) is 23.6 Å². The van der Waals surface area contributed by atoms with Crippen LogP contribution in [-0.4, -0.2) is 51.7 Å². The SMILES string of the molecule is CCC(=O)N1CCC2(CC1)Cc1c(c(C(=O)NCC3CC3)nn1C)CO2. The van der Waals surface area contributed by atoms with E-state index in [2.05, 4.69) is 10.4 Å². The van der Waals surface area contributed by atoms with Crippen LogP contribution in [0.15, 0.2) is 0 Å². The maximum atomic E-state index is 12.5. The van der Waals surface area contributed by atoms with E-state index in [4.69, 9.17) is 4.74 Å². The number of carbonyl (C=O) groups excluding carboxylic acids is 2. The van der Waals surface area contributed by atoms with Crippen molar-refractivity contribution >= 4 is 11.8 Å². The van der Waals surface area contributed by atoms with Crippen LogP contribution in [0.1, 0.15) is 60.8 Å². The van der Waals surface area contributed by atoms with Crippen LogP contribution in [0.4, 0.5) is 0 Å². The van der Waals surface area contributed by atoms with Gasteiger partial charge in [0.15, 0.2) is 5.69 Å². The molecule has 1 spiro atoms. The maximum Gasteiger partial charge on any atom is 0.272 e. The summed E-state index contributed by atoms with van der Waals surface area (Å²) in [6.45, 7) is 4.57. The Balaban J connectivity index is 1.46. The van der Waals surface area contributed by atoms with Gasteiger partial charge in [-0.15, -0.1) is 0 Å². The Kier molecular flexibility index (Phi) is 4.50. The fourth-order valence-corrected chi connectivity index (χ4v) is 4.09. The molecule has 4 rings (SSSR count). The first kappa shape index (κ1) is 17.5. The van der Waals surface area contributed by atoms with Gasteiger partial charge in [0, 0.05) is 50.8 Å². The molecule has 3 aliphatic rings. The monoisotopic (exact) mass is 360 g/mol. The van der Waals surface area contributed by atoms with Gasteiger partial charge in [0.1, 0.15) is 0 Å². The average molecular weight is 360 g/mol. The van der Waals surface area contributed by atoms with Crippen molar-refractivity contribution in [2.75, 3.05) is 19.6 Å². The van der Waals surface area contributed by atoms with E-state index >= 15 is 0 Å². The number of hydrogen-bond donors (Lipinski definition) is 1. The highest BCUT2D eigenvalue weighted by atomic mass is 16.5. The normalized spacial score (nSPS) is 21.5. The first-order valence-electron chi connectivity index (χ1n) is 9.76. The summed E-state index contributed by atoms with van der Waals surface area (Å²) in [6, 6.07) is 0. The predicted molar refractivity (Wildman–Crippen MR) is 95.6 cm³/mol. The van der Waals surface area contributed by atoms with Crippen LogP contribution in [0.3, 0.4) is 0 Å². The zero-order chi connectivity index (χ0) is 18.3. The minimum absolute atomic E-state index is 0.0864. The van der Waals surface area contributed by atoms with Crippen LogP contribution in [-0.2, 0) is 29.6 Å². The molecule has 7 nitrogen and oxygen atoms in total. The van der Waals surface area contributed by atoms with Gasteiger partial charge in [-0.05, 0) is 31.6 Å². The number of amides is 2. The molecular formula is C19H28N4O3. The zero-order valence-electron chi connectivity index (χ0n) is 15.7. The number of ether oxygens (including phenoxy) is 1. The summed E-state index contributed by atoms with van der Waals surface area (Å²) in [5.41, 5.74) is 2.31. The first-order valence-corrected chi connectivity index (χ1v) is 9.76. The molecule has 3 heterocycles. The molecule has 1 saturated carbocycles. The van der Waals surface area contributed by atoms with Gasteiger partial charge >= 0.3 is 0 Å². The van der Waals surface area contributed by atoms with E-state index in [1.54, 1.807) is 0 Å². The Morgan fingerprint density at radius 2 is 2.04 bits per heavy atom. The van der Waals surface area contributed by atoms with E-state index in [1.165, 1.54) is 12.8 Å². The maximum absolute atomic E-state index is 12.5. The molecule has 2 aliphatic heterocycles. The number of aryl methyl sites for hydroxylation is 1. The lowest BCUT2D eigenvalue weighted by Gasteiger charge is -2.43. The van der Waals surface area contributed by atoms with Gasteiger partial charge in [0.05, 0.1) is 12.2 Å². The predicted octanol–water partition coefficient (Wildman–Crippen LogP) is 1.40. The number of aromatic nitrogens is 2. The van der Waals surface area contributed by atoms with Crippen LogP contribution in [0, 0.1) is 5.92 Å². The van der Waals surface area contributed by atoms with Crippen molar-refractivity contribution in [3.8, 4) is 0 Å². The molecule has 7 heteroatoms. The van der Waals surface area contributed by atoms with E-state index in [0.29, 0.717) is 24.6 Å². The third kappa shape index (κ3) is 3.24. The summed E-state index contributed by atoms with van der Waals surface area (Å²) < 4.78 is 8.11. The lowest BCUT2D eigenvalue weighted by Crippen LogP contribution is -2.50. The fourth-order valence-electron chi connectivity index (χ4n) is 4.09. The fraction of sp³-hybridized carbons (Fsp3) is 0.737. The van der Waals surface area contributed by atoms with Gasteiger partial charge in [0.2, 0.25) is 5.91 Å². The van der Waals surface area contributed by atoms with Gasteiger partial charge in [-0.1, -0.05) is 6.92 Å². The largest absolute Gasteiger partial charge is 0.370 e. The lowest BCUT2D eigenvalue weighted by atomic mass is 9.83. The molecular weight excluding hydrogens is 332 g/mol.